The Hall–Kier alpha value is -0.790. The molecule has 0 radical (unpaired) electrons. The molecule has 0 aromatic rings. The molecule has 1 aliphatic carbocycles. The Bertz CT molecular complexity index is 305. The Kier molecular flexibility index (Phi) is 1.82. The number of amides is 1. The van der Waals surface area contributed by atoms with Crippen molar-refractivity contribution in [2.24, 2.45) is 17.3 Å². The van der Waals surface area contributed by atoms with Crippen LogP contribution in [0.15, 0.2) is 12.2 Å². The van der Waals surface area contributed by atoms with E-state index >= 15 is 0 Å². The van der Waals surface area contributed by atoms with E-state index in [1.165, 1.54) is 0 Å². The van der Waals surface area contributed by atoms with Crippen LogP contribution in [0.5, 0.6) is 0 Å². The van der Waals surface area contributed by atoms with Gasteiger partial charge in [-0.2, -0.15) is 0 Å². The number of fused-ring (bicyclic) bond motifs is 1. The third-order valence-corrected chi connectivity index (χ3v) is 4.12. The first kappa shape index (κ1) is 9.75. The molecule has 1 saturated heterocycles. The van der Waals surface area contributed by atoms with E-state index in [-0.39, 0.29) is 5.91 Å². The van der Waals surface area contributed by atoms with Crippen molar-refractivity contribution in [2.45, 2.75) is 33.7 Å². The molecule has 2 aliphatic rings. The average molecular weight is 193 g/mol. The van der Waals surface area contributed by atoms with Gasteiger partial charge in [-0.15, -0.1) is 0 Å². The zero-order chi connectivity index (χ0) is 10.7. The predicted octanol–water partition coefficient (Wildman–Crippen LogP) is 2.07. The summed E-state index contributed by atoms with van der Waals surface area (Å²) in [6.07, 6.45) is 0. The second kappa shape index (κ2) is 2.62. The fraction of sp³-hybridized carbons (Fsp3) is 0.750. The molecule has 0 N–H and O–H groups in total. The maximum atomic E-state index is 11.4. The van der Waals surface area contributed by atoms with E-state index in [2.05, 4.69) is 20.4 Å². The molecule has 1 heterocycles. The van der Waals surface area contributed by atoms with Gasteiger partial charge in [-0.25, -0.2) is 0 Å². The highest BCUT2D eigenvalue weighted by molar-refractivity contribution is 5.75. The Morgan fingerprint density at radius 3 is 2.43 bits per heavy atom. The third-order valence-electron chi connectivity index (χ3n) is 4.12. The lowest BCUT2D eigenvalue weighted by Crippen LogP contribution is -2.39. The monoisotopic (exact) mass is 193 g/mol. The fourth-order valence-electron chi connectivity index (χ4n) is 3.18. The Balaban J connectivity index is 2.23. The molecule has 2 heteroatoms. The molecule has 1 amide bonds. The summed E-state index contributed by atoms with van der Waals surface area (Å²) in [4.78, 5) is 13.4. The maximum Gasteiger partial charge on any atom is 0.219 e. The molecule has 78 valence electrons. The van der Waals surface area contributed by atoms with Crippen molar-refractivity contribution in [2.75, 3.05) is 6.54 Å². The van der Waals surface area contributed by atoms with Crippen LogP contribution in [0.3, 0.4) is 0 Å². The van der Waals surface area contributed by atoms with Gasteiger partial charge in [-0.05, 0) is 24.2 Å². The number of piperidine rings is 1. The van der Waals surface area contributed by atoms with E-state index in [0.717, 1.165) is 12.1 Å². The largest absolute Gasteiger partial charge is 0.336 e. The van der Waals surface area contributed by atoms with Crippen LogP contribution in [-0.4, -0.2) is 23.4 Å². The minimum absolute atomic E-state index is 0.195. The molecule has 2 nitrogen and oxygen atoms in total. The molecule has 1 unspecified atom stereocenters. The van der Waals surface area contributed by atoms with Gasteiger partial charge in [0.1, 0.15) is 0 Å². The van der Waals surface area contributed by atoms with E-state index in [9.17, 15) is 4.79 Å². The molecule has 0 aromatic carbocycles. The highest BCUT2D eigenvalue weighted by Gasteiger charge is 2.67. The smallest absolute Gasteiger partial charge is 0.219 e. The summed E-state index contributed by atoms with van der Waals surface area (Å²) in [6.45, 7) is 13.3. The summed E-state index contributed by atoms with van der Waals surface area (Å²) in [5, 5.41) is 0. The number of carbonyl (C=O) groups is 1. The second-order valence-corrected chi connectivity index (χ2v) is 5.42. The van der Waals surface area contributed by atoms with Gasteiger partial charge in [0.05, 0.1) is 6.04 Å². The van der Waals surface area contributed by atoms with Gasteiger partial charge in [0, 0.05) is 13.5 Å². The van der Waals surface area contributed by atoms with Gasteiger partial charge in [0.2, 0.25) is 5.91 Å². The first-order chi connectivity index (χ1) is 6.37. The lowest BCUT2D eigenvalue weighted by atomic mass is 9.97. The van der Waals surface area contributed by atoms with Crippen molar-refractivity contribution in [3.63, 3.8) is 0 Å². The lowest BCUT2D eigenvalue weighted by Gasteiger charge is -2.30. The van der Waals surface area contributed by atoms with Gasteiger partial charge in [-0.3, -0.25) is 4.79 Å². The molecule has 0 bridgehead atoms. The maximum absolute atomic E-state index is 11.4. The van der Waals surface area contributed by atoms with Crippen molar-refractivity contribution < 1.29 is 4.79 Å². The molecular formula is C12H19NO. The van der Waals surface area contributed by atoms with Crippen LogP contribution in [0, 0.1) is 17.3 Å². The summed E-state index contributed by atoms with van der Waals surface area (Å²) in [5.41, 5.74) is 1.56. The van der Waals surface area contributed by atoms with E-state index in [1.54, 1.807) is 6.92 Å². The van der Waals surface area contributed by atoms with Gasteiger partial charge in [-0.1, -0.05) is 26.0 Å². The van der Waals surface area contributed by atoms with Crippen LogP contribution in [0.2, 0.25) is 0 Å². The molecule has 2 rings (SSSR count). The normalized spacial score (nSPS) is 38.0. The Labute approximate surface area is 86.0 Å². The molecule has 14 heavy (non-hydrogen) atoms. The van der Waals surface area contributed by atoms with Crippen LogP contribution < -0.4 is 0 Å². The van der Waals surface area contributed by atoms with Crippen molar-refractivity contribution in [3.8, 4) is 0 Å². The summed E-state index contributed by atoms with van der Waals surface area (Å²) in [5.74, 6) is 1.55. The van der Waals surface area contributed by atoms with Crippen molar-refractivity contribution in [1.29, 1.82) is 0 Å². The highest BCUT2D eigenvalue weighted by Crippen LogP contribution is 2.65. The second-order valence-electron chi connectivity index (χ2n) is 5.42. The minimum atomic E-state index is 0.195. The number of hydrogen-bond donors (Lipinski definition) is 0. The fourth-order valence-corrected chi connectivity index (χ4v) is 3.18. The molecule has 1 aliphatic heterocycles. The highest BCUT2D eigenvalue weighted by atomic mass is 16.2. The quantitative estimate of drug-likeness (QED) is 0.584. The van der Waals surface area contributed by atoms with Gasteiger partial charge < -0.3 is 4.90 Å². The zero-order valence-corrected chi connectivity index (χ0v) is 9.50. The van der Waals surface area contributed by atoms with E-state index in [0.29, 0.717) is 23.3 Å². The molecule has 0 spiro atoms. The van der Waals surface area contributed by atoms with Crippen LogP contribution in [-0.2, 0) is 4.79 Å². The zero-order valence-electron chi connectivity index (χ0n) is 9.50. The Morgan fingerprint density at radius 1 is 1.43 bits per heavy atom. The third kappa shape index (κ3) is 1.06. The van der Waals surface area contributed by atoms with Crippen molar-refractivity contribution >= 4 is 5.91 Å². The van der Waals surface area contributed by atoms with Gasteiger partial charge >= 0.3 is 0 Å². The van der Waals surface area contributed by atoms with Crippen LogP contribution in [0.25, 0.3) is 0 Å². The molecule has 1 saturated carbocycles. The summed E-state index contributed by atoms with van der Waals surface area (Å²) < 4.78 is 0. The summed E-state index contributed by atoms with van der Waals surface area (Å²) in [7, 11) is 0. The topological polar surface area (TPSA) is 20.3 Å². The van der Waals surface area contributed by atoms with Crippen molar-refractivity contribution in [1.82, 2.24) is 4.90 Å². The number of carbonyl (C=O) groups excluding carboxylic acids is 1. The first-order valence-electron chi connectivity index (χ1n) is 5.30. The molecule has 3 atom stereocenters. The molecule has 0 aromatic heterocycles. The number of rotatable bonds is 1. The standard InChI is InChI=1S/C12H19NO/c1-7(2)11-10-9(12(10,4)5)6-13(11)8(3)14/h9-11H,1,6H2,2-5H3/t9-,10-,11?/m0/s1. The van der Waals surface area contributed by atoms with E-state index in [4.69, 9.17) is 0 Å². The number of likely N-dealkylation sites (tertiary alicyclic amines) is 1. The summed E-state index contributed by atoms with van der Waals surface area (Å²) in [6, 6.07) is 0.299. The van der Waals surface area contributed by atoms with E-state index < -0.39 is 0 Å². The SMILES string of the molecule is C=C(C)C1[C@@H]2[C@H](CN1C(C)=O)C2(C)C. The van der Waals surface area contributed by atoms with E-state index in [1.807, 2.05) is 11.8 Å². The van der Waals surface area contributed by atoms with Crippen LogP contribution >= 0.6 is 0 Å². The van der Waals surface area contributed by atoms with Crippen LogP contribution in [0.4, 0.5) is 0 Å². The van der Waals surface area contributed by atoms with Gasteiger partial charge in [0.25, 0.3) is 0 Å². The van der Waals surface area contributed by atoms with Crippen LogP contribution in [0.1, 0.15) is 27.7 Å². The summed E-state index contributed by atoms with van der Waals surface area (Å²) >= 11 is 0. The average Bonchev–Trinajstić information content (AvgIpc) is 2.47. The minimum Gasteiger partial charge on any atom is -0.336 e. The predicted molar refractivity (Wildman–Crippen MR) is 56.8 cm³/mol. The Morgan fingerprint density at radius 2 is 2.00 bits per heavy atom. The first-order valence-corrected chi connectivity index (χ1v) is 5.30. The van der Waals surface area contributed by atoms with Gasteiger partial charge in [0.15, 0.2) is 0 Å². The molecular weight excluding hydrogens is 174 g/mol. The number of hydrogen-bond acceptors (Lipinski definition) is 1. The number of nitrogens with zero attached hydrogens (tertiary/aromatic N) is 1. The molecule has 2 fully saturated rings. The van der Waals surface area contributed by atoms with Crippen molar-refractivity contribution in [3.05, 3.63) is 12.2 Å². The lowest BCUT2D eigenvalue weighted by molar-refractivity contribution is -0.130.